The molecule has 8 heteroatoms. The second kappa shape index (κ2) is 6.02. The number of thiophene rings is 1. The number of nitrogens with one attached hydrogen (secondary N) is 1. The third-order valence-corrected chi connectivity index (χ3v) is 4.14. The van der Waals surface area contributed by atoms with Gasteiger partial charge in [-0.1, -0.05) is 17.4 Å². The number of carbonyl (C=O) groups is 1. The summed E-state index contributed by atoms with van der Waals surface area (Å²) in [6.45, 7) is 5.92. The highest BCUT2D eigenvalue weighted by molar-refractivity contribution is 7.73. The third kappa shape index (κ3) is 4.12. The summed E-state index contributed by atoms with van der Waals surface area (Å²) in [4.78, 5) is 14.9. The second-order valence-corrected chi connectivity index (χ2v) is 7.72. The molecule has 0 aliphatic carbocycles. The number of aromatic nitrogens is 2. The van der Waals surface area contributed by atoms with Gasteiger partial charge in [0.25, 0.3) is 0 Å². The molecular weight excluding hydrogens is 314 g/mol. The van der Waals surface area contributed by atoms with E-state index in [-0.39, 0.29) is 0 Å². The van der Waals surface area contributed by atoms with Crippen molar-refractivity contribution in [3.05, 3.63) is 26.3 Å². The van der Waals surface area contributed by atoms with E-state index in [1.807, 2.05) is 38.3 Å². The summed E-state index contributed by atoms with van der Waals surface area (Å²) in [6, 6.07) is 3.91. The number of ether oxygens (including phenoxy) is 1. The van der Waals surface area contributed by atoms with Crippen molar-refractivity contribution in [3.63, 3.8) is 0 Å². The highest BCUT2D eigenvalue weighted by Crippen LogP contribution is 2.24. The normalized spacial score (nSPS) is 11.3. The summed E-state index contributed by atoms with van der Waals surface area (Å²) >= 11 is 7.85. The van der Waals surface area contributed by atoms with Crippen molar-refractivity contribution in [2.24, 2.45) is 0 Å². The Morgan fingerprint density at radius 3 is 2.80 bits per heavy atom. The molecule has 2 aromatic heterocycles. The molecule has 0 saturated heterocycles. The van der Waals surface area contributed by atoms with E-state index in [0.717, 1.165) is 4.88 Å². The fourth-order valence-electron chi connectivity index (χ4n) is 1.42. The number of amides is 1. The maximum atomic E-state index is 12.3. The molecule has 1 N–H and O–H groups in total. The van der Waals surface area contributed by atoms with Gasteiger partial charge in [-0.25, -0.2) is 9.69 Å². The Morgan fingerprint density at radius 2 is 2.30 bits per heavy atom. The number of carbonyl (C=O) groups excluding carboxylic acids is 1. The zero-order valence-corrected chi connectivity index (χ0v) is 13.8. The molecule has 5 nitrogen and oxygen atoms in total. The van der Waals surface area contributed by atoms with Gasteiger partial charge in [0.05, 0.1) is 6.54 Å². The Balaban J connectivity index is 2.24. The van der Waals surface area contributed by atoms with Crippen LogP contribution in [-0.2, 0) is 11.3 Å². The lowest BCUT2D eigenvalue weighted by Crippen LogP contribution is -2.36. The van der Waals surface area contributed by atoms with Gasteiger partial charge in [-0.2, -0.15) is 0 Å². The number of rotatable bonds is 3. The monoisotopic (exact) mass is 329 g/mol. The molecule has 0 aliphatic rings. The fourth-order valence-corrected chi connectivity index (χ4v) is 2.98. The van der Waals surface area contributed by atoms with Gasteiger partial charge in [0.2, 0.25) is 5.13 Å². The molecule has 0 spiro atoms. The summed E-state index contributed by atoms with van der Waals surface area (Å²) in [7, 11) is 0. The van der Waals surface area contributed by atoms with E-state index in [1.165, 1.54) is 16.2 Å². The van der Waals surface area contributed by atoms with Gasteiger partial charge in [0.15, 0.2) is 3.95 Å². The zero-order valence-electron chi connectivity index (χ0n) is 11.4. The van der Waals surface area contributed by atoms with Gasteiger partial charge in [0, 0.05) is 4.88 Å². The van der Waals surface area contributed by atoms with Crippen molar-refractivity contribution >= 4 is 46.1 Å². The molecule has 108 valence electrons. The topological polar surface area (TPSA) is 58.2 Å². The predicted molar refractivity (Wildman–Crippen MR) is 84.0 cm³/mol. The average molecular weight is 329 g/mol. The van der Waals surface area contributed by atoms with E-state index in [2.05, 4.69) is 10.2 Å². The largest absolute Gasteiger partial charge is 0.443 e. The van der Waals surface area contributed by atoms with Crippen LogP contribution in [0.4, 0.5) is 9.93 Å². The first-order valence-corrected chi connectivity index (χ1v) is 8.04. The van der Waals surface area contributed by atoms with E-state index >= 15 is 0 Å². The molecule has 2 aromatic rings. The second-order valence-electron chi connectivity index (χ2n) is 5.04. The molecule has 0 fully saturated rings. The minimum atomic E-state index is -0.553. The molecule has 0 aliphatic heterocycles. The number of anilines is 1. The number of hydrogen-bond acceptors (Lipinski definition) is 6. The van der Waals surface area contributed by atoms with E-state index < -0.39 is 11.7 Å². The maximum absolute atomic E-state index is 12.3. The van der Waals surface area contributed by atoms with E-state index in [4.69, 9.17) is 17.0 Å². The molecule has 0 radical (unpaired) electrons. The van der Waals surface area contributed by atoms with Crippen molar-refractivity contribution in [2.75, 3.05) is 4.90 Å². The van der Waals surface area contributed by atoms with Crippen molar-refractivity contribution in [3.8, 4) is 0 Å². The fraction of sp³-hybridized carbons (Fsp3) is 0.417. The van der Waals surface area contributed by atoms with Crippen molar-refractivity contribution in [1.82, 2.24) is 10.2 Å². The van der Waals surface area contributed by atoms with E-state index in [1.54, 1.807) is 11.3 Å². The van der Waals surface area contributed by atoms with Crippen LogP contribution in [0.2, 0.25) is 0 Å². The van der Waals surface area contributed by atoms with Gasteiger partial charge in [-0.15, -0.1) is 16.4 Å². The van der Waals surface area contributed by atoms with Gasteiger partial charge >= 0.3 is 6.09 Å². The predicted octanol–water partition coefficient (Wildman–Crippen LogP) is 4.20. The standard InChI is InChI=1S/C12H15N3O2S3/c1-12(2,3)17-11(16)15(7-8-5-4-6-19-8)9-13-14-10(18)20-9/h4-6H,7H2,1-3H3,(H,14,18). The first-order valence-electron chi connectivity index (χ1n) is 5.93. The van der Waals surface area contributed by atoms with Crippen LogP contribution in [0.3, 0.4) is 0 Å². The first kappa shape index (κ1) is 15.1. The molecule has 0 bridgehead atoms. The lowest BCUT2D eigenvalue weighted by atomic mass is 10.2. The Morgan fingerprint density at radius 1 is 1.55 bits per heavy atom. The van der Waals surface area contributed by atoms with E-state index in [0.29, 0.717) is 15.6 Å². The quantitative estimate of drug-likeness (QED) is 0.857. The van der Waals surface area contributed by atoms with Crippen molar-refractivity contribution in [2.45, 2.75) is 32.9 Å². The minimum Gasteiger partial charge on any atom is -0.443 e. The van der Waals surface area contributed by atoms with Crippen LogP contribution in [0.15, 0.2) is 17.5 Å². The highest BCUT2D eigenvalue weighted by Gasteiger charge is 2.25. The Kier molecular flexibility index (Phi) is 4.56. The van der Waals surface area contributed by atoms with Gasteiger partial charge < -0.3 is 4.74 Å². The summed E-state index contributed by atoms with van der Waals surface area (Å²) in [5.41, 5.74) is -0.553. The number of nitrogens with zero attached hydrogens (tertiary/aromatic N) is 2. The Hall–Kier alpha value is -1.25. The summed E-state index contributed by atoms with van der Waals surface area (Å²) in [5, 5.41) is 9.23. The van der Waals surface area contributed by atoms with Crippen molar-refractivity contribution < 1.29 is 9.53 Å². The molecule has 0 aromatic carbocycles. The number of H-pyrrole nitrogens is 1. The molecule has 1 amide bonds. The summed E-state index contributed by atoms with van der Waals surface area (Å²) in [5.74, 6) is 0. The average Bonchev–Trinajstić information content (AvgIpc) is 2.94. The SMILES string of the molecule is CC(C)(C)OC(=O)N(Cc1cccs1)c1n[nH]c(=S)s1. The first-order chi connectivity index (χ1) is 9.35. The van der Waals surface area contributed by atoms with Crippen molar-refractivity contribution in [1.29, 1.82) is 0 Å². The lowest BCUT2D eigenvalue weighted by Gasteiger charge is -2.25. The molecular formula is C12H15N3O2S3. The highest BCUT2D eigenvalue weighted by atomic mass is 32.1. The molecule has 2 rings (SSSR count). The van der Waals surface area contributed by atoms with Crippen LogP contribution in [0, 0.1) is 3.95 Å². The molecule has 20 heavy (non-hydrogen) atoms. The summed E-state index contributed by atoms with van der Waals surface area (Å²) in [6.07, 6.45) is -0.427. The minimum absolute atomic E-state index is 0.419. The van der Waals surface area contributed by atoms with Crippen LogP contribution in [0.1, 0.15) is 25.6 Å². The third-order valence-electron chi connectivity index (χ3n) is 2.17. The van der Waals surface area contributed by atoms with Crippen LogP contribution < -0.4 is 4.90 Å². The molecule has 0 atom stereocenters. The Bertz CT molecular complexity index is 625. The van der Waals surface area contributed by atoms with Gasteiger partial charge in [-0.05, 0) is 44.4 Å². The molecule has 0 unspecified atom stereocenters. The maximum Gasteiger partial charge on any atom is 0.417 e. The van der Waals surface area contributed by atoms with Crippen LogP contribution in [0.5, 0.6) is 0 Å². The Labute approximate surface area is 130 Å². The van der Waals surface area contributed by atoms with Crippen LogP contribution in [-0.4, -0.2) is 21.9 Å². The molecule has 0 saturated carbocycles. The number of hydrogen-bond donors (Lipinski definition) is 1. The zero-order chi connectivity index (χ0) is 14.8. The van der Waals surface area contributed by atoms with Crippen LogP contribution >= 0.6 is 34.9 Å². The van der Waals surface area contributed by atoms with Crippen LogP contribution in [0.25, 0.3) is 0 Å². The van der Waals surface area contributed by atoms with E-state index in [9.17, 15) is 4.79 Å². The number of aromatic amines is 1. The lowest BCUT2D eigenvalue weighted by molar-refractivity contribution is 0.0577. The van der Waals surface area contributed by atoms with Gasteiger partial charge in [-0.3, -0.25) is 5.10 Å². The molecule has 2 heterocycles. The smallest absolute Gasteiger partial charge is 0.417 e. The van der Waals surface area contributed by atoms with Gasteiger partial charge in [0.1, 0.15) is 5.60 Å². The summed E-state index contributed by atoms with van der Waals surface area (Å²) < 4.78 is 5.95.